The van der Waals surface area contributed by atoms with Crippen molar-refractivity contribution in [3.05, 3.63) is 24.7 Å². The van der Waals surface area contributed by atoms with E-state index in [2.05, 4.69) is 10.3 Å². The maximum absolute atomic E-state index is 12.9. The lowest BCUT2D eigenvalue weighted by Crippen LogP contribution is -2.43. The van der Waals surface area contributed by atoms with E-state index in [0.717, 1.165) is 0 Å². The first kappa shape index (κ1) is 21.9. The zero-order chi connectivity index (χ0) is 21.9. The number of carbonyl (C=O) groups is 1. The SMILES string of the molecule is COc1cc(NC(=O)[C@H]2CCCN(S(=O)(=O)c3cn(C)cn3)C2)cc(OC)c1OC. The molecule has 1 saturated heterocycles. The van der Waals surface area contributed by atoms with Crippen LogP contribution in [0.5, 0.6) is 17.2 Å². The highest BCUT2D eigenvalue weighted by atomic mass is 32.2. The van der Waals surface area contributed by atoms with Crippen LogP contribution < -0.4 is 19.5 Å². The number of methoxy groups -OCH3 is 3. The van der Waals surface area contributed by atoms with Crippen molar-refractivity contribution in [2.24, 2.45) is 13.0 Å². The molecule has 0 saturated carbocycles. The minimum Gasteiger partial charge on any atom is -0.493 e. The number of carbonyl (C=O) groups excluding carboxylic acids is 1. The van der Waals surface area contributed by atoms with Crippen molar-refractivity contribution in [1.82, 2.24) is 13.9 Å². The van der Waals surface area contributed by atoms with Crippen molar-refractivity contribution in [1.29, 1.82) is 0 Å². The molecule has 3 rings (SSSR count). The van der Waals surface area contributed by atoms with Gasteiger partial charge in [0, 0.05) is 44.2 Å². The summed E-state index contributed by atoms with van der Waals surface area (Å²) in [7, 11) is 2.44. The van der Waals surface area contributed by atoms with Gasteiger partial charge in [-0.15, -0.1) is 0 Å². The predicted molar refractivity (Wildman–Crippen MR) is 109 cm³/mol. The number of piperidine rings is 1. The van der Waals surface area contributed by atoms with E-state index in [1.165, 1.54) is 38.2 Å². The molecule has 0 radical (unpaired) electrons. The van der Waals surface area contributed by atoms with E-state index in [4.69, 9.17) is 14.2 Å². The molecule has 10 nitrogen and oxygen atoms in total. The van der Waals surface area contributed by atoms with Gasteiger partial charge in [0.05, 0.1) is 33.6 Å². The number of benzene rings is 1. The van der Waals surface area contributed by atoms with Gasteiger partial charge in [-0.2, -0.15) is 4.31 Å². The van der Waals surface area contributed by atoms with Crippen molar-refractivity contribution in [2.75, 3.05) is 39.7 Å². The number of nitrogens with zero attached hydrogens (tertiary/aromatic N) is 3. The van der Waals surface area contributed by atoms with Crippen molar-refractivity contribution < 1.29 is 27.4 Å². The molecule has 0 bridgehead atoms. The third-order valence-corrected chi connectivity index (χ3v) is 6.72. The van der Waals surface area contributed by atoms with Crippen LogP contribution in [0.3, 0.4) is 0 Å². The van der Waals surface area contributed by atoms with E-state index in [0.29, 0.717) is 42.3 Å². The summed E-state index contributed by atoms with van der Waals surface area (Å²) in [6.45, 7) is 0.446. The second-order valence-corrected chi connectivity index (χ2v) is 8.87. The Hall–Kier alpha value is -2.79. The smallest absolute Gasteiger partial charge is 0.262 e. The highest BCUT2D eigenvalue weighted by Crippen LogP contribution is 2.40. The number of aromatic nitrogens is 2. The third-order valence-electron chi connectivity index (χ3n) is 4.97. The summed E-state index contributed by atoms with van der Waals surface area (Å²) in [6.07, 6.45) is 4.06. The minimum absolute atomic E-state index is 0.0179. The highest BCUT2D eigenvalue weighted by Gasteiger charge is 2.34. The van der Waals surface area contributed by atoms with E-state index < -0.39 is 15.9 Å². The Morgan fingerprint density at radius 3 is 2.37 bits per heavy atom. The number of ether oxygens (including phenoxy) is 3. The topological polar surface area (TPSA) is 112 Å². The molecular formula is C19H26N4O6S. The van der Waals surface area contributed by atoms with Crippen LogP contribution in [0.4, 0.5) is 5.69 Å². The second kappa shape index (κ2) is 8.92. The molecule has 0 spiro atoms. The van der Waals surface area contributed by atoms with Crippen LogP contribution in [0.2, 0.25) is 0 Å². The fourth-order valence-electron chi connectivity index (χ4n) is 3.43. The summed E-state index contributed by atoms with van der Waals surface area (Å²) < 4.78 is 44.5. The predicted octanol–water partition coefficient (Wildman–Crippen LogP) is 1.49. The Morgan fingerprint density at radius 1 is 1.17 bits per heavy atom. The normalized spacial score (nSPS) is 17.4. The van der Waals surface area contributed by atoms with Crippen LogP contribution in [0.1, 0.15) is 12.8 Å². The van der Waals surface area contributed by atoms with Gasteiger partial charge in [-0.05, 0) is 12.8 Å². The Bertz CT molecular complexity index is 995. The minimum atomic E-state index is -3.75. The van der Waals surface area contributed by atoms with Crippen molar-refractivity contribution >= 4 is 21.6 Å². The van der Waals surface area contributed by atoms with Crippen LogP contribution in [0.25, 0.3) is 0 Å². The maximum Gasteiger partial charge on any atom is 0.262 e. The number of amides is 1. The van der Waals surface area contributed by atoms with Crippen molar-refractivity contribution in [3.8, 4) is 17.2 Å². The van der Waals surface area contributed by atoms with Gasteiger partial charge in [0.15, 0.2) is 16.5 Å². The van der Waals surface area contributed by atoms with Crippen LogP contribution in [0.15, 0.2) is 29.7 Å². The molecule has 1 N–H and O–H groups in total. The van der Waals surface area contributed by atoms with Gasteiger partial charge >= 0.3 is 0 Å². The molecule has 30 heavy (non-hydrogen) atoms. The molecule has 2 heterocycles. The lowest BCUT2D eigenvalue weighted by atomic mass is 9.98. The molecule has 1 amide bonds. The largest absolute Gasteiger partial charge is 0.493 e. The Kier molecular flexibility index (Phi) is 6.52. The summed E-state index contributed by atoms with van der Waals surface area (Å²) in [6, 6.07) is 3.26. The summed E-state index contributed by atoms with van der Waals surface area (Å²) in [5, 5.41) is 2.81. The fourth-order valence-corrected chi connectivity index (χ4v) is 4.92. The van der Waals surface area contributed by atoms with Crippen LogP contribution in [0, 0.1) is 5.92 Å². The standard InChI is InChI=1S/C19H26N4O6S/c1-22-11-17(20-12-22)30(25,26)23-7-5-6-13(10-23)19(24)21-14-8-15(27-2)18(29-4)16(9-14)28-3/h8-9,11-13H,5-7,10H2,1-4H3,(H,21,24)/t13-/m0/s1. The summed E-state index contributed by atoms with van der Waals surface area (Å²) in [5.41, 5.74) is 0.471. The molecule has 11 heteroatoms. The van der Waals surface area contributed by atoms with Gasteiger partial charge in [-0.25, -0.2) is 13.4 Å². The molecule has 164 valence electrons. The van der Waals surface area contributed by atoms with Crippen molar-refractivity contribution in [2.45, 2.75) is 17.9 Å². The van der Waals surface area contributed by atoms with Gasteiger partial charge in [-0.1, -0.05) is 0 Å². The summed E-state index contributed by atoms with van der Waals surface area (Å²) in [4.78, 5) is 16.8. The number of hydrogen-bond acceptors (Lipinski definition) is 7. The average Bonchev–Trinajstić information content (AvgIpc) is 3.20. The van der Waals surface area contributed by atoms with Gasteiger partial charge < -0.3 is 24.1 Å². The molecule has 1 aliphatic heterocycles. The summed E-state index contributed by atoms with van der Waals surface area (Å²) >= 11 is 0. The molecular weight excluding hydrogens is 412 g/mol. The van der Waals surface area contributed by atoms with Gasteiger partial charge in [0.1, 0.15) is 0 Å². The first-order chi connectivity index (χ1) is 14.3. The zero-order valence-electron chi connectivity index (χ0n) is 17.4. The van der Waals surface area contributed by atoms with E-state index >= 15 is 0 Å². The fraction of sp³-hybridized carbons (Fsp3) is 0.474. The molecule has 0 unspecified atom stereocenters. The Balaban J connectivity index is 1.76. The number of imidazole rings is 1. The molecule has 0 aliphatic carbocycles. The number of rotatable bonds is 7. The number of anilines is 1. The first-order valence-corrected chi connectivity index (χ1v) is 10.8. The van der Waals surface area contributed by atoms with E-state index in [-0.39, 0.29) is 17.5 Å². The molecule has 1 fully saturated rings. The van der Waals surface area contributed by atoms with Gasteiger partial charge in [-0.3, -0.25) is 4.79 Å². The first-order valence-electron chi connectivity index (χ1n) is 9.39. The highest BCUT2D eigenvalue weighted by molar-refractivity contribution is 7.89. The molecule has 1 aromatic heterocycles. The quantitative estimate of drug-likeness (QED) is 0.697. The third kappa shape index (κ3) is 4.36. The lowest BCUT2D eigenvalue weighted by molar-refractivity contribution is -0.120. The monoisotopic (exact) mass is 438 g/mol. The number of sulfonamides is 1. The van der Waals surface area contributed by atoms with Crippen LogP contribution in [-0.4, -0.2) is 62.6 Å². The van der Waals surface area contributed by atoms with Crippen LogP contribution in [-0.2, 0) is 21.9 Å². The maximum atomic E-state index is 12.9. The van der Waals surface area contributed by atoms with Gasteiger partial charge in [0.2, 0.25) is 11.7 Å². The molecule has 1 aromatic carbocycles. The number of hydrogen-bond donors (Lipinski definition) is 1. The van der Waals surface area contributed by atoms with Crippen LogP contribution >= 0.6 is 0 Å². The van der Waals surface area contributed by atoms with Crippen molar-refractivity contribution in [3.63, 3.8) is 0 Å². The molecule has 2 aromatic rings. The van der Waals surface area contributed by atoms with E-state index in [1.54, 1.807) is 23.7 Å². The zero-order valence-corrected chi connectivity index (χ0v) is 18.2. The lowest BCUT2D eigenvalue weighted by Gasteiger charge is -2.30. The molecule has 1 atom stereocenters. The average molecular weight is 439 g/mol. The van der Waals surface area contributed by atoms with E-state index in [1.807, 2.05) is 0 Å². The Morgan fingerprint density at radius 2 is 1.83 bits per heavy atom. The second-order valence-electron chi connectivity index (χ2n) is 6.98. The Labute approximate surface area is 175 Å². The van der Waals surface area contributed by atoms with Gasteiger partial charge in [0.25, 0.3) is 10.0 Å². The molecule has 1 aliphatic rings. The number of nitrogens with one attached hydrogen (secondary N) is 1. The summed E-state index contributed by atoms with van der Waals surface area (Å²) in [5.74, 6) is 0.482. The number of aryl methyl sites for hydroxylation is 1. The van der Waals surface area contributed by atoms with E-state index in [9.17, 15) is 13.2 Å².